The molecule has 5 rings (SSSR count). The summed E-state index contributed by atoms with van der Waals surface area (Å²) >= 11 is 0. The van der Waals surface area contributed by atoms with Crippen LogP contribution in [0, 0.1) is 11.8 Å². The number of hydrogen-bond donors (Lipinski definition) is 1. The van der Waals surface area contributed by atoms with Crippen molar-refractivity contribution < 1.29 is 4.74 Å². The highest BCUT2D eigenvalue weighted by atomic mass is 16.5. The number of nitrogens with zero attached hydrogens (tertiary/aromatic N) is 3. The number of ether oxygens (including phenoxy) is 1. The zero-order valence-electron chi connectivity index (χ0n) is 13.8. The van der Waals surface area contributed by atoms with Crippen LogP contribution in [0.1, 0.15) is 31.5 Å². The summed E-state index contributed by atoms with van der Waals surface area (Å²) in [5.74, 6) is 2.34. The molecule has 3 aliphatic rings. The number of likely N-dealkylation sites (tertiary alicyclic amines) is 1. The number of fused-ring (bicyclic) bond motifs is 1. The van der Waals surface area contributed by atoms with Crippen LogP contribution in [0.3, 0.4) is 0 Å². The van der Waals surface area contributed by atoms with Crippen LogP contribution >= 0.6 is 0 Å². The monoisotopic (exact) mass is 312 g/mol. The minimum Gasteiger partial charge on any atom is -0.378 e. The molecule has 0 unspecified atom stereocenters. The van der Waals surface area contributed by atoms with Crippen LogP contribution in [-0.2, 0) is 4.74 Å². The number of rotatable bonds is 4. The number of H-pyrrole nitrogens is 1. The molecule has 1 N–H and O–H groups in total. The number of aromatic amines is 1. The number of piperidine rings is 1. The summed E-state index contributed by atoms with van der Waals surface area (Å²) in [6.07, 6.45) is 1.97. The first kappa shape index (κ1) is 13.8. The summed E-state index contributed by atoms with van der Waals surface area (Å²) in [7, 11) is 0. The number of nitrogens with one attached hydrogen (secondary N) is 1. The Morgan fingerprint density at radius 2 is 2.04 bits per heavy atom. The molecule has 23 heavy (non-hydrogen) atoms. The molecule has 5 heteroatoms. The highest BCUT2D eigenvalue weighted by Crippen LogP contribution is 2.59. The van der Waals surface area contributed by atoms with Crippen molar-refractivity contribution in [3.8, 4) is 11.4 Å². The smallest absolute Gasteiger partial charge is 0.109 e. The van der Waals surface area contributed by atoms with Crippen LogP contribution in [0.25, 0.3) is 11.4 Å². The molecule has 0 aromatic carbocycles. The lowest BCUT2D eigenvalue weighted by atomic mass is 10.1. The Kier molecular flexibility index (Phi) is 2.97. The van der Waals surface area contributed by atoms with Crippen molar-refractivity contribution >= 4 is 0 Å². The van der Waals surface area contributed by atoms with Crippen LogP contribution in [0.4, 0.5) is 0 Å². The van der Waals surface area contributed by atoms with E-state index in [9.17, 15) is 0 Å². The minimum absolute atomic E-state index is 0.408. The Hall–Kier alpha value is -1.59. The standard InChI is InChI=1S/C18H24N4O/c1-11(2)22-17(6-16(20-22)15-4-3-5-19-15)18-13-7-21(8-14(13)18)12-9-23-10-12/h3-6,11-14,18-19H,7-10H2,1-2H3/t13-,14+,18+. The third-order valence-electron chi connectivity index (χ3n) is 5.83. The van der Waals surface area contributed by atoms with Gasteiger partial charge in [0.1, 0.15) is 5.69 Å². The van der Waals surface area contributed by atoms with Gasteiger partial charge in [-0.3, -0.25) is 9.58 Å². The van der Waals surface area contributed by atoms with E-state index in [1.165, 1.54) is 18.8 Å². The van der Waals surface area contributed by atoms with Gasteiger partial charge >= 0.3 is 0 Å². The second-order valence-corrected chi connectivity index (χ2v) is 7.58. The van der Waals surface area contributed by atoms with Gasteiger partial charge in [0.05, 0.1) is 24.9 Å². The van der Waals surface area contributed by atoms with E-state index in [1.54, 1.807) is 0 Å². The summed E-state index contributed by atoms with van der Waals surface area (Å²) in [6.45, 7) is 8.81. The lowest BCUT2D eigenvalue weighted by molar-refractivity contribution is -0.0610. The first-order valence-electron chi connectivity index (χ1n) is 8.77. The van der Waals surface area contributed by atoms with E-state index in [2.05, 4.69) is 40.5 Å². The molecule has 0 radical (unpaired) electrons. The zero-order valence-corrected chi connectivity index (χ0v) is 13.8. The van der Waals surface area contributed by atoms with Crippen molar-refractivity contribution in [3.63, 3.8) is 0 Å². The van der Waals surface area contributed by atoms with E-state index in [-0.39, 0.29) is 0 Å². The van der Waals surface area contributed by atoms with Gasteiger partial charge in [0.2, 0.25) is 0 Å². The van der Waals surface area contributed by atoms with E-state index in [1.807, 2.05) is 12.3 Å². The molecule has 3 fully saturated rings. The molecule has 5 nitrogen and oxygen atoms in total. The average molecular weight is 312 g/mol. The first-order valence-corrected chi connectivity index (χ1v) is 8.77. The van der Waals surface area contributed by atoms with Gasteiger partial charge in [-0.05, 0) is 43.9 Å². The summed E-state index contributed by atoms with van der Waals surface area (Å²) < 4.78 is 7.59. The van der Waals surface area contributed by atoms with E-state index in [0.29, 0.717) is 18.0 Å². The third kappa shape index (κ3) is 2.10. The van der Waals surface area contributed by atoms with Crippen LogP contribution < -0.4 is 0 Å². The summed E-state index contributed by atoms with van der Waals surface area (Å²) in [6, 6.07) is 7.54. The van der Waals surface area contributed by atoms with Crippen LogP contribution in [0.2, 0.25) is 0 Å². The van der Waals surface area contributed by atoms with Crippen LogP contribution in [-0.4, -0.2) is 52.0 Å². The van der Waals surface area contributed by atoms with Crippen LogP contribution in [0.15, 0.2) is 24.4 Å². The van der Waals surface area contributed by atoms with E-state index in [4.69, 9.17) is 9.84 Å². The molecular weight excluding hydrogens is 288 g/mol. The molecule has 1 saturated carbocycles. The summed E-state index contributed by atoms with van der Waals surface area (Å²) in [5.41, 5.74) is 3.63. The van der Waals surface area contributed by atoms with Gasteiger partial charge in [-0.15, -0.1) is 0 Å². The maximum absolute atomic E-state index is 5.34. The van der Waals surface area contributed by atoms with Gasteiger partial charge in [-0.1, -0.05) is 0 Å². The predicted molar refractivity (Wildman–Crippen MR) is 88.3 cm³/mol. The van der Waals surface area contributed by atoms with Crippen molar-refractivity contribution in [2.24, 2.45) is 11.8 Å². The maximum Gasteiger partial charge on any atom is 0.109 e. The van der Waals surface area contributed by atoms with E-state index < -0.39 is 0 Å². The van der Waals surface area contributed by atoms with Crippen molar-refractivity contribution in [1.82, 2.24) is 19.7 Å². The molecule has 0 bridgehead atoms. The Labute approximate surface area is 136 Å². The fourth-order valence-electron chi connectivity index (χ4n) is 4.42. The number of hydrogen-bond acceptors (Lipinski definition) is 3. The summed E-state index contributed by atoms with van der Waals surface area (Å²) in [5, 5.41) is 4.87. The molecule has 0 spiro atoms. The Bertz CT molecular complexity index is 689. The molecule has 4 heterocycles. The molecule has 1 aliphatic carbocycles. The highest BCUT2D eigenvalue weighted by molar-refractivity contribution is 5.55. The Morgan fingerprint density at radius 3 is 2.61 bits per heavy atom. The van der Waals surface area contributed by atoms with Crippen molar-refractivity contribution in [1.29, 1.82) is 0 Å². The van der Waals surface area contributed by atoms with Gasteiger partial charge < -0.3 is 9.72 Å². The topological polar surface area (TPSA) is 46.1 Å². The first-order chi connectivity index (χ1) is 11.2. The summed E-state index contributed by atoms with van der Waals surface area (Å²) in [4.78, 5) is 5.92. The lowest BCUT2D eigenvalue weighted by Crippen LogP contribution is -2.48. The number of aromatic nitrogens is 3. The van der Waals surface area contributed by atoms with E-state index in [0.717, 1.165) is 36.4 Å². The quantitative estimate of drug-likeness (QED) is 0.943. The third-order valence-corrected chi connectivity index (χ3v) is 5.83. The molecule has 2 aromatic heterocycles. The maximum atomic E-state index is 5.34. The Morgan fingerprint density at radius 1 is 1.26 bits per heavy atom. The molecular formula is C18H24N4O. The van der Waals surface area contributed by atoms with E-state index >= 15 is 0 Å². The molecule has 122 valence electrons. The predicted octanol–water partition coefficient (Wildman–Crippen LogP) is 2.50. The highest BCUT2D eigenvalue weighted by Gasteiger charge is 2.58. The van der Waals surface area contributed by atoms with Crippen molar-refractivity contribution in [2.75, 3.05) is 26.3 Å². The molecule has 2 saturated heterocycles. The SMILES string of the molecule is CC(C)n1nc(-c2ccc[nH]2)cc1[C@H]1[C@@H]2CN(C3COC3)C[C@@H]21. The molecule has 2 aromatic rings. The lowest BCUT2D eigenvalue weighted by Gasteiger charge is -2.35. The normalized spacial score (nSPS) is 30.7. The van der Waals surface area contributed by atoms with Gasteiger partial charge in [-0.25, -0.2) is 0 Å². The molecule has 3 atom stereocenters. The van der Waals surface area contributed by atoms with Gasteiger partial charge in [-0.2, -0.15) is 5.10 Å². The van der Waals surface area contributed by atoms with Crippen molar-refractivity contribution in [2.45, 2.75) is 31.8 Å². The van der Waals surface area contributed by atoms with Gasteiger partial charge in [0, 0.05) is 36.9 Å². The van der Waals surface area contributed by atoms with Crippen LogP contribution in [0.5, 0.6) is 0 Å². The Balaban J connectivity index is 1.39. The largest absolute Gasteiger partial charge is 0.378 e. The molecule has 2 aliphatic heterocycles. The van der Waals surface area contributed by atoms with Crippen molar-refractivity contribution in [3.05, 3.63) is 30.1 Å². The fraction of sp³-hybridized carbons (Fsp3) is 0.611. The van der Waals surface area contributed by atoms with Gasteiger partial charge in [0.15, 0.2) is 0 Å². The fourth-order valence-corrected chi connectivity index (χ4v) is 4.42. The second-order valence-electron chi connectivity index (χ2n) is 7.58. The minimum atomic E-state index is 0.408. The average Bonchev–Trinajstić information content (AvgIpc) is 3.00. The zero-order chi connectivity index (χ0) is 15.6. The second kappa shape index (κ2) is 4.95. The van der Waals surface area contributed by atoms with Gasteiger partial charge in [0.25, 0.3) is 0 Å². The molecule has 0 amide bonds.